The molecule has 0 unspecified atom stereocenters. The quantitative estimate of drug-likeness (QED) is 0.535. The van der Waals surface area contributed by atoms with E-state index in [1.807, 2.05) is 30.3 Å². The zero-order chi connectivity index (χ0) is 21.1. The van der Waals surface area contributed by atoms with Crippen molar-refractivity contribution in [3.8, 4) is 0 Å². The van der Waals surface area contributed by atoms with E-state index >= 15 is 0 Å². The molecule has 4 rings (SSSR count). The molecule has 6 nitrogen and oxygen atoms in total. The third kappa shape index (κ3) is 4.23. The third-order valence-electron chi connectivity index (χ3n) is 4.81. The largest absolute Gasteiger partial charge is 0.346 e. The van der Waals surface area contributed by atoms with Crippen molar-refractivity contribution in [1.29, 1.82) is 0 Å². The number of hydrogen-bond donors (Lipinski definition) is 1. The van der Waals surface area contributed by atoms with Gasteiger partial charge in [-0.25, -0.2) is 0 Å². The van der Waals surface area contributed by atoms with E-state index in [-0.39, 0.29) is 11.5 Å². The Balaban J connectivity index is 1.63. The van der Waals surface area contributed by atoms with E-state index in [9.17, 15) is 9.59 Å². The van der Waals surface area contributed by atoms with Gasteiger partial charge in [-0.1, -0.05) is 29.8 Å². The van der Waals surface area contributed by atoms with Gasteiger partial charge in [-0.3, -0.25) is 19.6 Å². The van der Waals surface area contributed by atoms with E-state index in [0.717, 1.165) is 11.3 Å². The van der Waals surface area contributed by atoms with Gasteiger partial charge in [0.05, 0.1) is 40.9 Å². The Bertz CT molecular complexity index is 1270. The van der Waals surface area contributed by atoms with Gasteiger partial charge in [0.2, 0.25) is 0 Å². The van der Waals surface area contributed by atoms with E-state index in [2.05, 4.69) is 15.3 Å². The molecule has 1 N–H and O–H groups in total. The van der Waals surface area contributed by atoms with E-state index in [1.165, 1.54) is 0 Å². The molecule has 0 bridgehead atoms. The number of carbonyl (C=O) groups is 1. The van der Waals surface area contributed by atoms with Gasteiger partial charge in [-0.2, -0.15) is 0 Å². The van der Waals surface area contributed by atoms with E-state index in [1.54, 1.807) is 48.1 Å². The highest BCUT2D eigenvalue weighted by atomic mass is 35.5. The third-order valence-corrected chi connectivity index (χ3v) is 5.07. The van der Waals surface area contributed by atoms with Crippen LogP contribution in [0, 0.1) is 6.92 Å². The van der Waals surface area contributed by atoms with E-state index in [4.69, 9.17) is 11.6 Å². The average molecular weight is 419 g/mol. The van der Waals surface area contributed by atoms with Crippen LogP contribution < -0.4 is 10.9 Å². The molecule has 0 aliphatic carbocycles. The summed E-state index contributed by atoms with van der Waals surface area (Å²) in [5, 5.41) is 3.88. The average Bonchev–Trinajstić information content (AvgIpc) is 2.76. The standard InChI is InChI=1S/C23H19ClN4O2/c1-15-19(22(29)26-13-18-4-2-3-10-25-18)12-20-21(27-15)9-11-28(23(20)30)14-16-5-7-17(24)8-6-16/h2-12H,13-14H2,1H3,(H,26,29). The molecule has 0 spiro atoms. The second-order valence-corrected chi connectivity index (χ2v) is 7.37. The van der Waals surface area contributed by atoms with Crippen molar-refractivity contribution in [1.82, 2.24) is 19.9 Å². The molecule has 1 amide bonds. The SMILES string of the molecule is Cc1nc2ccn(Cc3ccc(Cl)cc3)c(=O)c2cc1C(=O)NCc1ccccn1. The van der Waals surface area contributed by atoms with Crippen molar-refractivity contribution in [3.05, 3.63) is 105 Å². The molecule has 3 heterocycles. The lowest BCUT2D eigenvalue weighted by Crippen LogP contribution is -2.26. The Kier molecular flexibility index (Phi) is 5.59. The smallest absolute Gasteiger partial charge is 0.260 e. The van der Waals surface area contributed by atoms with Gasteiger partial charge >= 0.3 is 0 Å². The summed E-state index contributed by atoms with van der Waals surface area (Å²) in [5.74, 6) is -0.292. The van der Waals surface area contributed by atoms with E-state index < -0.39 is 0 Å². The zero-order valence-electron chi connectivity index (χ0n) is 16.3. The number of nitrogens with zero attached hydrogens (tertiary/aromatic N) is 3. The predicted molar refractivity (Wildman–Crippen MR) is 117 cm³/mol. The number of aryl methyl sites for hydroxylation is 1. The lowest BCUT2D eigenvalue weighted by atomic mass is 10.1. The van der Waals surface area contributed by atoms with Gasteiger partial charge in [0.15, 0.2) is 0 Å². The predicted octanol–water partition coefficient (Wildman–Crippen LogP) is 3.73. The number of benzene rings is 1. The number of hydrogen-bond acceptors (Lipinski definition) is 4. The first kappa shape index (κ1) is 19.8. The van der Waals surface area contributed by atoms with E-state index in [0.29, 0.717) is 40.3 Å². The molecular formula is C23H19ClN4O2. The first-order valence-electron chi connectivity index (χ1n) is 9.44. The van der Waals surface area contributed by atoms with Gasteiger partial charge in [-0.05, 0) is 48.9 Å². The van der Waals surface area contributed by atoms with Crippen LogP contribution >= 0.6 is 11.6 Å². The second kappa shape index (κ2) is 8.47. The van der Waals surface area contributed by atoms with Crippen molar-refractivity contribution in [2.45, 2.75) is 20.0 Å². The van der Waals surface area contributed by atoms with Crippen molar-refractivity contribution >= 4 is 28.4 Å². The number of halogens is 1. The fraction of sp³-hybridized carbons (Fsp3) is 0.130. The van der Waals surface area contributed by atoms with Crippen LogP contribution in [0.15, 0.2) is 71.8 Å². The summed E-state index contributed by atoms with van der Waals surface area (Å²) in [6, 6.07) is 16.3. The first-order chi connectivity index (χ1) is 14.5. The number of fused-ring (bicyclic) bond motifs is 1. The molecule has 0 atom stereocenters. The molecular weight excluding hydrogens is 400 g/mol. The highest BCUT2D eigenvalue weighted by Gasteiger charge is 2.14. The monoisotopic (exact) mass is 418 g/mol. The highest BCUT2D eigenvalue weighted by molar-refractivity contribution is 6.30. The number of rotatable bonds is 5. The molecule has 0 saturated heterocycles. The maximum absolute atomic E-state index is 13.0. The van der Waals surface area contributed by atoms with Crippen molar-refractivity contribution in [2.24, 2.45) is 0 Å². The highest BCUT2D eigenvalue weighted by Crippen LogP contribution is 2.15. The Hall–Kier alpha value is -3.51. The summed E-state index contributed by atoms with van der Waals surface area (Å²) in [5.41, 5.74) is 3.01. The van der Waals surface area contributed by atoms with Crippen LogP contribution in [0.5, 0.6) is 0 Å². The van der Waals surface area contributed by atoms with Crippen LogP contribution in [0.3, 0.4) is 0 Å². The zero-order valence-corrected chi connectivity index (χ0v) is 17.1. The van der Waals surface area contributed by atoms with Crippen LogP contribution in [0.1, 0.15) is 27.3 Å². The van der Waals surface area contributed by atoms with Crippen molar-refractivity contribution in [3.63, 3.8) is 0 Å². The minimum atomic E-state index is -0.292. The topological polar surface area (TPSA) is 76.9 Å². The fourth-order valence-electron chi connectivity index (χ4n) is 3.21. The number of aromatic nitrogens is 3. The maximum atomic E-state index is 13.0. The van der Waals surface area contributed by atoms with Crippen molar-refractivity contribution < 1.29 is 4.79 Å². The molecule has 1 aromatic carbocycles. The molecule has 150 valence electrons. The number of carbonyl (C=O) groups excluding carboxylic acids is 1. The summed E-state index contributed by atoms with van der Waals surface area (Å²) in [6.45, 7) is 2.46. The molecule has 3 aromatic heterocycles. The number of nitrogens with one attached hydrogen (secondary N) is 1. The molecule has 0 radical (unpaired) electrons. The second-order valence-electron chi connectivity index (χ2n) is 6.93. The summed E-state index contributed by atoms with van der Waals surface area (Å²) in [6.07, 6.45) is 3.39. The Morgan fingerprint density at radius 3 is 2.67 bits per heavy atom. The Morgan fingerprint density at radius 1 is 1.13 bits per heavy atom. The molecule has 0 fully saturated rings. The maximum Gasteiger partial charge on any atom is 0.260 e. The van der Waals surface area contributed by atoms with Gasteiger partial charge < -0.3 is 9.88 Å². The molecule has 0 saturated carbocycles. The van der Waals surface area contributed by atoms with Gasteiger partial charge in [-0.15, -0.1) is 0 Å². The Morgan fingerprint density at radius 2 is 1.93 bits per heavy atom. The first-order valence-corrected chi connectivity index (χ1v) is 9.82. The molecule has 30 heavy (non-hydrogen) atoms. The van der Waals surface area contributed by atoms with Gasteiger partial charge in [0, 0.05) is 17.4 Å². The minimum Gasteiger partial charge on any atom is -0.346 e. The lowest BCUT2D eigenvalue weighted by molar-refractivity contribution is 0.0949. The van der Waals surface area contributed by atoms with Gasteiger partial charge in [0.25, 0.3) is 11.5 Å². The van der Waals surface area contributed by atoms with Crippen LogP contribution in [0.2, 0.25) is 5.02 Å². The summed E-state index contributed by atoms with van der Waals surface area (Å²) >= 11 is 5.93. The minimum absolute atomic E-state index is 0.200. The Labute approximate surface area is 178 Å². The van der Waals surface area contributed by atoms with Crippen LogP contribution in [0.4, 0.5) is 0 Å². The lowest BCUT2D eigenvalue weighted by Gasteiger charge is -2.11. The normalized spacial score (nSPS) is 10.9. The number of amides is 1. The summed E-state index contributed by atoms with van der Waals surface area (Å²) < 4.78 is 1.60. The van der Waals surface area contributed by atoms with Crippen LogP contribution in [0.25, 0.3) is 10.9 Å². The van der Waals surface area contributed by atoms with Crippen LogP contribution in [-0.2, 0) is 13.1 Å². The molecule has 7 heteroatoms. The van der Waals surface area contributed by atoms with Gasteiger partial charge in [0.1, 0.15) is 0 Å². The number of pyridine rings is 3. The fourth-order valence-corrected chi connectivity index (χ4v) is 3.34. The van der Waals surface area contributed by atoms with Crippen molar-refractivity contribution in [2.75, 3.05) is 0 Å². The van der Waals surface area contributed by atoms with Crippen LogP contribution in [-0.4, -0.2) is 20.4 Å². The molecule has 0 aliphatic rings. The summed E-state index contributed by atoms with van der Waals surface area (Å²) in [7, 11) is 0. The molecule has 0 aliphatic heterocycles. The summed E-state index contributed by atoms with van der Waals surface area (Å²) in [4.78, 5) is 34.4. The molecule has 4 aromatic rings.